The van der Waals surface area contributed by atoms with Gasteiger partial charge in [0.05, 0.1) is 0 Å². The number of likely N-dealkylation sites (N-methyl/N-ethyl adjacent to an activating group) is 2. The molecule has 0 aromatic rings. The second-order valence-electron chi connectivity index (χ2n) is 2.56. The van der Waals surface area contributed by atoms with Crippen LogP contribution in [0.3, 0.4) is 0 Å². The second kappa shape index (κ2) is 5.92. The molecule has 0 spiro atoms. The molecule has 11 heavy (non-hydrogen) atoms. The summed E-state index contributed by atoms with van der Waals surface area (Å²) in [6.45, 7) is 3.39. The van der Waals surface area contributed by atoms with Crippen LogP contribution in [-0.2, 0) is 4.79 Å². The maximum atomic E-state index is 10.8. The van der Waals surface area contributed by atoms with Gasteiger partial charge >= 0.3 is 0 Å². The third kappa shape index (κ3) is 7.06. The van der Waals surface area contributed by atoms with E-state index in [9.17, 15) is 4.79 Å². The summed E-state index contributed by atoms with van der Waals surface area (Å²) in [5.41, 5.74) is 0. The molecule has 0 aromatic carbocycles. The van der Waals surface area contributed by atoms with Gasteiger partial charge in [0.15, 0.2) is 0 Å². The zero-order chi connectivity index (χ0) is 8.69. The molecule has 0 atom stereocenters. The maximum absolute atomic E-state index is 10.8. The van der Waals surface area contributed by atoms with E-state index in [1.54, 1.807) is 6.08 Å². The average Bonchev–Trinajstić information content (AvgIpc) is 1.87. The fourth-order valence-electron chi connectivity index (χ4n) is 0.604. The zero-order valence-electron chi connectivity index (χ0n) is 7.42. The summed E-state index contributed by atoms with van der Waals surface area (Å²) in [6.07, 6.45) is 3.40. The van der Waals surface area contributed by atoms with Gasteiger partial charge in [-0.05, 0) is 21.0 Å². The van der Waals surface area contributed by atoms with Crippen LogP contribution >= 0.6 is 0 Å². The van der Waals surface area contributed by atoms with E-state index in [2.05, 4.69) is 5.32 Å². The van der Waals surface area contributed by atoms with Crippen molar-refractivity contribution >= 4 is 5.91 Å². The predicted octanol–water partition coefficient (Wildman–Crippen LogP) is 0.240. The Morgan fingerprint density at radius 1 is 1.55 bits per heavy atom. The summed E-state index contributed by atoms with van der Waals surface area (Å²) in [4.78, 5) is 12.8. The van der Waals surface area contributed by atoms with Crippen LogP contribution in [0.2, 0.25) is 0 Å². The highest BCUT2D eigenvalue weighted by molar-refractivity contribution is 5.87. The van der Waals surface area contributed by atoms with Crippen LogP contribution in [0.5, 0.6) is 0 Å². The number of hydrogen-bond donors (Lipinski definition) is 1. The molecule has 3 nitrogen and oxygen atoms in total. The summed E-state index contributed by atoms with van der Waals surface area (Å²) < 4.78 is 0. The number of carbonyl (C=O) groups excluding carboxylic acids is 1. The first-order chi connectivity index (χ1) is 5.16. The van der Waals surface area contributed by atoms with Crippen LogP contribution in [0.4, 0.5) is 0 Å². The highest BCUT2D eigenvalue weighted by atomic mass is 16.1. The summed E-state index contributed by atoms with van der Waals surface area (Å²) in [5.74, 6) is -0.0191. The Balaban J connectivity index is 3.48. The molecule has 3 heteroatoms. The lowest BCUT2D eigenvalue weighted by atomic mass is 10.4. The Kier molecular flexibility index (Phi) is 5.47. The monoisotopic (exact) mass is 156 g/mol. The van der Waals surface area contributed by atoms with Crippen molar-refractivity contribution in [1.82, 2.24) is 10.2 Å². The standard InChI is InChI=1S/C8H16N2O/c1-4-9-8(11)6-5-7-10(2)3/h5-6H,4,7H2,1-3H3,(H,9,11)/b6-5+. The average molecular weight is 156 g/mol. The lowest BCUT2D eigenvalue weighted by Gasteiger charge is -2.03. The third-order valence-electron chi connectivity index (χ3n) is 1.09. The fourth-order valence-corrected chi connectivity index (χ4v) is 0.604. The Morgan fingerprint density at radius 3 is 2.64 bits per heavy atom. The van der Waals surface area contributed by atoms with Gasteiger partial charge in [-0.2, -0.15) is 0 Å². The quantitative estimate of drug-likeness (QED) is 0.591. The van der Waals surface area contributed by atoms with Crippen LogP contribution in [0.25, 0.3) is 0 Å². The highest BCUT2D eigenvalue weighted by Crippen LogP contribution is 1.77. The van der Waals surface area contributed by atoms with Crippen LogP contribution in [0.15, 0.2) is 12.2 Å². The summed E-state index contributed by atoms with van der Waals surface area (Å²) in [6, 6.07) is 0. The molecule has 0 saturated carbocycles. The van der Waals surface area contributed by atoms with Gasteiger partial charge in [-0.1, -0.05) is 6.08 Å². The molecule has 0 aromatic heterocycles. The van der Waals surface area contributed by atoms with Crippen molar-refractivity contribution in [3.05, 3.63) is 12.2 Å². The molecule has 64 valence electrons. The van der Waals surface area contributed by atoms with Crippen LogP contribution in [0, 0.1) is 0 Å². The van der Waals surface area contributed by atoms with E-state index in [1.807, 2.05) is 32.0 Å². The number of rotatable bonds is 4. The van der Waals surface area contributed by atoms with E-state index in [4.69, 9.17) is 0 Å². The Hall–Kier alpha value is -0.830. The first kappa shape index (κ1) is 10.2. The third-order valence-corrected chi connectivity index (χ3v) is 1.09. The maximum Gasteiger partial charge on any atom is 0.243 e. The highest BCUT2D eigenvalue weighted by Gasteiger charge is 1.89. The van der Waals surface area contributed by atoms with Gasteiger partial charge in [0.25, 0.3) is 0 Å². The number of carbonyl (C=O) groups is 1. The van der Waals surface area contributed by atoms with E-state index >= 15 is 0 Å². The van der Waals surface area contributed by atoms with E-state index in [1.165, 1.54) is 0 Å². The van der Waals surface area contributed by atoms with E-state index < -0.39 is 0 Å². The van der Waals surface area contributed by atoms with Crippen LogP contribution in [-0.4, -0.2) is 38.0 Å². The van der Waals surface area contributed by atoms with Gasteiger partial charge < -0.3 is 10.2 Å². The number of nitrogens with one attached hydrogen (secondary N) is 1. The van der Waals surface area contributed by atoms with Gasteiger partial charge in [0, 0.05) is 19.2 Å². The van der Waals surface area contributed by atoms with Crippen molar-refractivity contribution in [1.29, 1.82) is 0 Å². The molecule has 0 aliphatic rings. The minimum absolute atomic E-state index is 0.0191. The molecule has 0 rings (SSSR count). The van der Waals surface area contributed by atoms with E-state index in [-0.39, 0.29) is 5.91 Å². The number of hydrogen-bond acceptors (Lipinski definition) is 2. The topological polar surface area (TPSA) is 32.3 Å². The molecule has 0 aliphatic heterocycles. The smallest absolute Gasteiger partial charge is 0.243 e. The minimum Gasteiger partial charge on any atom is -0.353 e. The first-order valence-electron chi connectivity index (χ1n) is 3.76. The van der Waals surface area contributed by atoms with Gasteiger partial charge in [0.2, 0.25) is 5.91 Å². The fraction of sp³-hybridized carbons (Fsp3) is 0.625. The Bertz CT molecular complexity index is 141. The van der Waals surface area contributed by atoms with Crippen molar-refractivity contribution in [2.45, 2.75) is 6.92 Å². The largest absolute Gasteiger partial charge is 0.353 e. The first-order valence-corrected chi connectivity index (χ1v) is 3.76. The van der Waals surface area contributed by atoms with Gasteiger partial charge in [0.1, 0.15) is 0 Å². The second-order valence-corrected chi connectivity index (χ2v) is 2.56. The van der Waals surface area contributed by atoms with E-state index in [0.29, 0.717) is 6.54 Å². The van der Waals surface area contributed by atoms with Crippen molar-refractivity contribution < 1.29 is 4.79 Å². The zero-order valence-corrected chi connectivity index (χ0v) is 7.42. The van der Waals surface area contributed by atoms with E-state index in [0.717, 1.165) is 6.54 Å². The normalized spacial score (nSPS) is 10.9. The molecule has 0 radical (unpaired) electrons. The lowest BCUT2D eigenvalue weighted by molar-refractivity contribution is -0.116. The summed E-state index contributed by atoms with van der Waals surface area (Å²) in [5, 5.41) is 2.67. The molecule has 0 fully saturated rings. The van der Waals surface area contributed by atoms with Crippen LogP contribution in [0.1, 0.15) is 6.92 Å². The van der Waals surface area contributed by atoms with Crippen LogP contribution < -0.4 is 5.32 Å². The molecule has 0 unspecified atom stereocenters. The van der Waals surface area contributed by atoms with Gasteiger partial charge in [-0.15, -0.1) is 0 Å². The molecule has 0 aliphatic carbocycles. The molecule has 0 bridgehead atoms. The SMILES string of the molecule is CCNC(=O)/C=C/CN(C)C. The van der Waals surface area contributed by atoms with Crippen molar-refractivity contribution in [3.63, 3.8) is 0 Å². The molecule has 1 N–H and O–H groups in total. The lowest BCUT2D eigenvalue weighted by Crippen LogP contribution is -2.20. The minimum atomic E-state index is -0.0191. The molecular formula is C8H16N2O. The van der Waals surface area contributed by atoms with Crippen molar-refractivity contribution in [2.75, 3.05) is 27.2 Å². The van der Waals surface area contributed by atoms with Gasteiger partial charge in [-0.3, -0.25) is 4.79 Å². The predicted molar refractivity (Wildman–Crippen MR) is 46.4 cm³/mol. The molecule has 1 amide bonds. The molecule has 0 saturated heterocycles. The Morgan fingerprint density at radius 2 is 2.18 bits per heavy atom. The van der Waals surface area contributed by atoms with Crippen molar-refractivity contribution in [3.8, 4) is 0 Å². The van der Waals surface area contributed by atoms with Gasteiger partial charge in [-0.25, -0.2) is 0 Å². The Labute approximate surface area is 68.1 Å². The van der Waals surface area contributed by atoms with Crippen molar-refractivity contribution in [2.24, 2.45) is 0 Å². The summed E-state index contributed by atoms with van der Waals surface area (Å²) >= 11 is 0. The molecule has 0 heterocycles. The number of nitrogens with zero attached hydrogens (tertiary/aromatic N) is 1. The summed E-state index contributed by atoms with van der Waals surface area (Å²) in [7, 11) is 3.92. The number of amides is 1. The molecular weight excluding hydrogens is 140 g/mol.